The predicted molar refractivity (Wildman–Crippen MR) is 62.9 cm³/mol. The quantitative estimate of drug-likeness (QED) is 0.239. The van der Waals surface area contributed by atoms with Crippen molar-refractivity contribution in [2.75, 3.05) is 24.4 Å². The van der Waals surface area contributed by atoms with E-state index < -0.39 is 19.5 Å². The van der Waals surface area contributed by atoms with Gasteiger partial charge >= 0.3 is 7.60 Å². The van der Waals surface area contributed by atoms with Crippen molar-refractivity contribution in [3.05, 3.63) is 16.7 Å². The van der Waals surface area contributed by atoms with Gasteiger partial charge in [0.25, 0.3) is 5.56 Å². The molecule has 0 fully saturated rings. The zero-order valence-electron chi connectivity index (χ0n) is 8.70. The molecule has 0 atom stereocenters. The van der Waals surface area contributed by atoms with Crippen LogP contribution in [0.25, 0.3) is 0 Å². The number of aromatic nitrogens is 2. The van der Waals surface area contributed by atoms with E-state index in [9.17, 15) is 9.36 Å². The van der Waals surface area contributed by atoms with E-state index in [2.05, 4.69) is 9.97 Å². The van der Waals surface area contributed by atoms with Crippen LogP contribution >= 0.6 is 19.4 Å². The van der Waals surface area contributed by atoms with Crippen molar-refractivity contribution >= 4 is 25.0 Å². The van der Waals surface area contributed by atoms with Crippen molar-refractivity contribution in [3.63, 3.8) is 0 Å². The molecule has 0 unspecified atom stereocenters. The Morgan fingerprint density at radius 2 is 2.29 bits per heavy atom. The molecule has 1 rings (SSSR count). The van der Waals surface area contributed by atoms with Crippen molar-refractivity contribution < 1.29 is 19.1 Å². The van der Waals surface area contributed by atoms with Crippen LogP contribution in [0, 0.1) is 0 Å². The second-order valence-corrected chi connectivity index (χ2v) is 5.67. The van der Waals surface area contributed by atoms with Crippen molar-refractivity contribution in [3.8, 4) is 0 Å². The summed E-state index contributed by atoms with van der Waals surface area (Å²) in [4.78, 5) is 34.3. The molecule has 17 heavy (non-hydrogen) atoms. The third-order valence-electron chi connectivity index (χ3n) is 1.58. The number of hydrogen-bond acceptors (Lipinski definition) is 6. The smallest absolute Gasteiger partial charge is 0.350 e. The Hall–Kier alpha value is -0.860. The lowest BCUT2D eigenvalue weighted by molar-refractivity contribution is 0.173. The van der Waals surface area contributed by atoms with E-state index in [1.807, 2.05) is 0 Å². The maximum Gasteiger partial charge on any atom is 0.350 e. The van der Waals surface area contributed by atoms with Crippen LogP contribution in [0.1, 0.15) is 0 Å². The standard InChI is InChI=1S/C7H12N3O5PS/c8-5-6(11)9-3-10-7(5)17-2-1-15-4-16(12,13)14/h3H,1-2,4,8H2,(H,9,10,11)(H2,12,13,14). The highest BCUT2D eigenvalue weighted by Gasteiger charge is 2.12. The van der Waals surface area contributed by atoms with Gasteiger partial charge in [-0.2, -0.15) is 0 Å². The average molecular weight is 281 g/mol. The van der Waals surface area contributed by atoms with E-state index in [0.29, 0.717) is 10.8 Å². The van der Waals surface area contributed by atoms with E-state index in [1.165, 1.54) is 18.1 Å². The molecule has 5 N–H and O–H groups in total. The van der Waals surface area contributed by atoms with Gasteiger partial charge in [0, 0.05) is 5.75 Å². The summed E-state index contributed by atoms with van der Waals surface area (Å²) in [5, 5.41) is 0.369. The van der Waals surface area contributed by atoms with E-state index in [4.69, 9.17) is 20.3 Å². The first kappa shape index (κ1) is 14.2. The number of rotatable bonds is 6. The van der Waals surface area contributed by atoms with Gasteiger partial charge in [-0.3, -0.25) is 9.36 Å². The van der Waals surface area contributed by atoms with Gasteiger partial charge in [-0.1, -0.05) is 0 Å². The Labute approximate surface area is 101 Å². The van der Waals surface area contributed by atoms with Gasteiger partial charge < -0.3 is 25.2 Å². The number of H-pyrrole nitrogens is 1. The number of nitrogen functional groups attached to an aromatic ring is 1. The molecule has 0 aliphatic heterocycles. The van der Waals surface area contributed by atoms with Gasteiger partial charge in [0.05, 0.1) is 12.9 Å². The number of nitrogens with zero attached hydrogens (tertiary/aromatic N) is 1. The van der Waals surface area contributed by atoms with E-state index in [0.717, 1.165) is 0 Å². The zero-order valence-corrected chi connectivity index (χ0v) is 10.4. The molecule has 1 heterocycles. The molecule has 0 bridgehead atoms. The molecule has 0 spiro atoms. The molecule has 0 amide bonds. The summed E-state index contributed by atoms with van der Waals surface area (Å²) in [5.41, 5.74) is 5.08. The van der Waals surface area contributed by atoms with Gasteiger partial charge in [-0.25, -0.2) is 4.98 Å². The molecule has 0 radical (unpaired) electrons. The molecule has 1 aromatic heterocycles. The number of thioether (sulfide) groups is 1. The van der Waals surface area contributed by atoms with Gasteiger partial charge in [0.1, 0.15) is 17.1 Å². The highest BCUT2D eigenvalue weighted by atomic mass is 32.2. The lowest BCUT2D eigenvalue weighted by atomic mass is 10.5. The summed E-state index contributed by atoms with van der Waals surface area (Å²) in [6.45, 7) is 0.129. The molecule has 96 valence electrons. The molecule has 1 aromatic rings. The first-order valence-electron chi connectivity index (χ1n) is 4.48. The summed E-state index contributed by atoms with van der Waals surface area (Å²) in [5.74, 6) is 0.390. The highest BCUT2D eigenvalue weighted by Crippen LogP contribution is 2.33. The molecule has 8 nitrogen and oxygen atoms in total. The number of anilines is 1. The Balaban J connectivity index is 2.34. The Morgan fingerprint density at radius 1 is 1.59 bits per heavy atom. The lowest BCUT2D eigenvalue weighted by Crippen LogP contribution is -2.13. The van der Waals surface area contributed by atoms with Crippen LogP contribution in [0.3, 0.4) is 0 Å². The summed E-state index contributed by atoms with van der Waals surface area (Å²) >= 11 is 1.18. The Kier molecular flexibility index (Phi) is 5.16. The van der Waals surface area contributed by atoms with Crippen molar-refractivity contribution in [2.24, 2.45) is 0 Å². The fraction of sp³-hybridized carbons (Fsp3) is 0.429. The molecule has 0 saturated heterocycles. The average Bonchev–Trinajstić information content (AvgIpc) is 2.22. The van der Waals surface area contributed by atoms with Crippen LogP contribution in [0.5, 0.6) is 0 Å². The number of ether oxygens (including phenoxy) is 1. The lowest BCUT2D eigenvalue weighted by Gasteiger charge is -2.05. The predicted octanol–water partition coefficient (Wildman–Crippen LogP) is -0.404. The van der Waals surface area contributed by atoms with Gasteiger partial charge in [-0.05, 0) is 0 Å². The SMILES string of the molecule is Nc1c(SCCOCP(=O)(O)O)nc[nH]c1=O. The molecule has 0 aliphatic carbocycles. The Bertz CT molecular complexity index is 473. The molecular weight excluding hydrogens is 269 g/mol. The third-order valence-corrected chi connectivity index (χ3v) is 3.07. The van der Waals surface area contributed by atoms with E-state index in [-0.39, 0.29) is 12.3 Å². The zero-order chi connectivity index (χ0) is 12.9. The summed E-state index contributed by atoms with van der Waals surface area (Å²) < 4.78 is 15.2. The molecule has 10 heteroatoms. The molecule has 0 aliphatic rings. The highest BCUT2D eigenvalue weighted by molar-refractivity contribution is 7.99. The maximum atomic E-state index is 11.1. The first-order chi connectivity index (χ1) is 7.90. The first-order valence-corrected chi connectivity index (χ1v) is 7.27. The number of nitrogens with two attached hydrogens (primary N) is 1. The fourth-order valence-electron chi connectivity index (χ4n) is 0.890. The summed E-state index contributed by atoms with van der Waals surface area (Å²) in [6.07, 6.45) is 0.614. The Morgan fingerprint density at radius 3 is 2.94 bits per heavy atom. The summed E-state index contributed by atoms with van der Waals surface area (Å²) in [6, 6.07) is 0. The van der Waals surface area contributed by atoms with E-state index in [1.54, 1.807) is 0 Å². The summed E-state index contributed by atoms with van der Waals surface area (Å²) in [7, 11) is -4.12. The number of hydrogen-bond donors (Lipinski definition) is 4. The molecular formula is C7H12N3O5PS. The van der Waals surface area contributed by atoms with Crippen LogP contribution in [0.15, 0.2) is 16.1 Å². The van der Waals surface area contributed by atoms with Gasteiger partial charge in [0.15, 0.2) is 0 Å². The minimum atomic E-state index is -4.12. The van der Waals surface area contributed by atoms with E-state index >= 15 is 0 Å². The van der Waals surface area contributed by atoms with Crippen LogP contribution in [-0.2, 0) is 9.30 Å². The van der Waals surface area contributed by atoms with Gasteiger partial charge in [0.2, 0.25) is 0 Å². The van der Waals surface area contributed by atoms with Crippen LogP contribution in [0.4, 0.5) is 5.69 Å². The molecule has 0 saturated carbocycles. The number of nitrogens with one attached hydrogen (secondary N) is 1. The second-order valence-electron chi connectivity index (χ2n) is 3.00. The van der Waals surface area contributed by atoms with Crippen molar-refractivity contribution in [2.45, 2.75) is 5.03 Å². The van der Waals surface area contributed by atoms with Crippen LogP contribution < -0.4 is 11.3 Å². The van der Waals surface area contributed by atoms with Gasteiger partial charge in [-0.15, -0.1) is 11.8 Å². The normalized spacial score (nSPS) is 11.6. The second kappa shape index (κ2) is 6.18. The fourth-order valence-corrected chi connectivity index (χ4v) is 2.03. The third kappa shape index (κ3) is 5.33. The molecule has 0 aromatic carbocycles. The van der Waals surface area contributed by atoms with Crippen molar-refractivity contribution in [1.29, 1.82) is 0 Å². The topological polar surface area (TPSA) is 139 Å². The van der Waals surface area contributed by atoms with Crippen LogP contribution in [0.2, 0.25) is 0 Å². The monoisotopic (exact) mass is 281 g/mol. The minimum absolute atomic E-state index is 0.0208. The van der Waals surface area contributed by atoms with Crippen molar-refractivity contribution in [1.82, 2.24) is 9.97 Å². The minimum Gasteiger partial charge on any atom is -0.392 e. The van der Waals surface area contributed by atoms with Crippen LogP contribution in [-0.4, -0.2) is 38.5 Å². The number of aromatic amines is 1. The largest absolute Gasteiger partial charge is 0.392 e. The maximum absolute atomic E-state index is 11.1.